The van der Waals surface area contributed by atoms with E-state index in [0.717, 1.165) is 12.8 Å². The molecule has 1 aromatic carbocycles. The summed E-state index contributed by atoms with van der Waals surface area (Å²) in [7, 11) is 0. The Balaban J connectivity index is 0.000000302. The fraction of sp³-hybridized carbons (Fsp3) is 0.400. The summed E-state index contributed by atoms with van der Waals surface area (Å²) in [6, 6.07) is 8.36. The number of esters is 1. The van der Waals surface area contributed by atoms with Gasteiger partial charge in [0.15, 0.2) is 0 Å². The summed E-state index contributed by atoms with van der Waals surface area (Å²) in [6.07, 6.45) is 3.15. The van der Waals surface area contributed by atoms with Crippen LogP contribution in [0.25, 0.3) is 0 Å². The molecule has 0 aliphatic heterocycles. The maximum atomic E-state index is 10.3. The lowest BCUT2D eigenvalue weighted by atomic mass is 10.1. The molecule has 0 aliphatic carbocycles. The minimum atomic E-state index is -0.330. The summed E-state index contributed by atoms with van der Waals surface area (Å²) in [5.74, 6) is -0.330. The van der Waals surface area contributed by atoms with E-state index < -0.39 is 0 Å². The predicted octanol–water partition coefficient (Wildman–Crippen LogP) is 3.82. The first-order valence-corrected chi connectivity index (χ1v) is 5.93. The van der Waals surface area contributed by atoms with Crippen molar-refractivity contribution < 1.29 is 9.53 Å². The van der Waals surface area contributed by atoms with Gasteiger partial charge in [0.05, 0.1) is 6.61 Å². The topological polar surface area (TPSA) is 26.3 Å². The number of rotatable bonds is 4. The van der Waals surface area contributed by atoms with Crippen molar-refractivity contribution in [3.63, 3.8) is 0 Å². The summed E-state index contributed by atoms with van der Waals surface area (Å²) >= 11 is 0. The van der Waals surface area contributed by atoms with Gasteiger partial charge in [-0.05, 0) is 31.4 Å². The van der Waals surface area contributed by atoms with Crippen LogP contribution in [0.3, 0.4) is 0 Å². The van der Waals surface area contributed by atoms with Crippen molar-refractivity contribution in [3.8, 4) is 0 Å². The SMILES string of the molecule is C=CC(=O)OCCCC.Cc1ccccc1C. The third-order valence-electron chi connectivity index (χ3n) is 2.33. The Morgan fingerprint density at radius 1 is 1.29 bits per heavy atom. The molecule has 0 bridgehead atoms. The minimum absolute atomic E-state index is 0.330. The number of carbonyl (C=O) groups excluding carboxylic acids is 1. The molecule has 0 fully saturated rings. The minimum Gasteiger partial charge on any atom is -0.463 e. The van der Waals surface area contributed by atoms with Crippen LogP contribution < -0.4 is 0 Å². The van der Waals surface area contributed by atoms with Gasteiger partial charge < -0.3 is 4.74 Å². The first-order valence-electron chi connectivity index (χ1n) is 5.93. The second-order valence-electron chi connectivity index (χ2n) is 3.81. The van der Waals surface area contributed by atoms with Crippen molar-refractivity contribution in [1.82, 2.24) is 0 Å². The maximum Gasteiger partial charge on any atom is 0.330 e. The molecule has 0 heterocycles. The Hall–Kier alpha value is -1.57. The average Bonchev–Trinajstić information content (AvgIpc) is 2.34. The Labute approximate surface area is 104 Å². The third kappa shape index (κ3) is 8.26. The van der Waals surface area contributed by atoms with Crippen LogP contribution in [0.4, 0.5) is 0 Å². The summed E-state index contributed by atoms with van der Waals surface area (Å²) in [5, 5.41) is 0. The van der Waals surface area contributed by atoms with E-state index in [9.17, 15) is 4.79 Å². The molecule has 2 heteroatoms. The molecular weight excluding hydrogens is 212 g/mol. The van der Waals surface area contributed by atoms with Crippen molar-refractivity contribution in [2.75, 3.05) is 6.61 Å². The summed E-state index contributed by atoms with van der Waals surface area (Å²) < 4.78 is 4.67. The number of benzene rings is 1. The van der Waals surface area contributed by atoms with E-state index in [-0.39, 0.29) is 5.97 Å². The smallest absolute Gasteiger partial charge is 0.330 e. The molecule has 2 nitrogen and oxygen atoms in total. The largest absolute Gasteiger partial charge is 0.463 e. The van der Waals surface area contributed by atoms with Crippen molar-refractivity contribution in [1.29, 1.82) is 0 Å². The van der Waals surface area contributed by atoms with Crippen LogP contribution in [0.2, 0.25) is 0 Å². The van der Waals surface area contributed by atoms with Crippen LogP contribution in [0.15, 0.2) is 36.9 Å². The molecular formula is C15H22O2. The van der Waals surface area contributed by atoms with Crippen molar-refractivity contribution in [2.24, 2.45) is 0 Å². The maximum absolute atomic E-state index is 10.3. The lowest BCUT2D eigenvalue weighted by molar-refractivity contribution is -0.137. The van der Waals surface area contributed by atoms with Crippen LogP contribution in [-0.2, 0) is 9.53 Å². The van der Waals surface area contributed by atoms with Crippen molar-refractivity contribution >= 4 is 5.97 Å². The molecule has 17 heavy (non-hydrogen) atoms. The first kappa shape index (κ1) is 15.4. The van der Waals surface area contributed by atoms with E-state index in [4.69, 9.17) is 0 Å². The number of hydrogen-bond acceptors (Lipinski definition) is 2. The lowest BCUT2D eigenvalue weighted by Crippen LogP contribution is -2.00. The lowest BCUT2D eigenvalue weighted by Gasteiger charge is -1.97. The molecule has 0 atom stereocenters. The summed E-state index contributed by atoms with van der Waals surface area (Å²) in [6.45, 7) is 10.1. The average molecular weight is 234 g/mol. The highest BCUT2D eigenvalue weighted by molar-refractivity contribution is 5.81. The van der Waals surface area contributed by atoms with Crippen LogP contribution in [-0.4, -0.2) is 12.6 Å². The predicted molar refractivity (Wildman–Crippen MR) is 72.0 cm³/mol. The van der Waals surface area contributed by atoms with E-state index in [1.165, 1.54) is 17.2 Å². The number of aryl methyl sites for hydroxylation is 2. The van der Waals surface area contributed by atoms with Crippen molar-refractivity contribution in [3.05, 3.63) is 48.0 Å². The van der Waals surface area contributed by atoms with Gasteiger partial charge >= 0.3 is 5.97 Å². The van der Waals surface area contributed by atoms with Gasteiger partial charge in [-0.25, -0.2) is 4.79 Å². The quantitative estimate of drug-likeness (QED) is 0.450. The number of ether oxygens (including phenoxy) is 1. The van der Waals surface area contributed by atoms with Gasteiger partial charge in [-0.1, -0.05) is 44.2 Å². The van der Waals surface area contributed by atoms with Crippen LogP contribution in [0, 0.1) is 13.8 Å². The van der Waals surface area contributed by atoms with Crippen LogP contribution in [0.5, 0.6) is 0 Å². The highest BCUT2D eigenvalue weighted by Gasteiger charge is 1.91. The van der Waals surface area contributed by atoms with Gasteiger partial charge in [0.2, 0.25) is 0 Å². The molecule has 0 aromatic heterocycles. The molecule has 0 radical (unpaired) electrons. The van der Waals surface area contributed by atoms with Crippen molar-refractivity contribution in [2.45, 2.75) is 33.6 Å². The standard InChI is InChI=1S/C8H10.C7H12O2/c1-7-5-3-4-6-8(7)2;1-3-5-6-9-7(8)4-2/h3-6H,1-2H3;4H,2-3,5-6H2,1H3. The molecule has 0 N–H and O–H groups in total. The van der Waals surface area contributed by atoms with Gasteiger partial charge in [-0.2, -0.15) is 0 Å². The van der Waals surface area contributed by atoms with Gasteiger partial charge in [-0.15, -0.1) is 0 Å². The second-order valence-corrected chi connectivity index (χ2v) is 3.81. The van der Waals surface area contributed by atoms with E-state index in [0.29, 0.717) is 6.61 Å². The molecule has 0 spiro atoms. The highest BCUT2D eigenvalue weighted by Crippen LogP contribution is 2.02. The normalized spacial score (nSPS) is 8.88. The van der Waals surface area contributed by atoms with Gasteiger partial charge in [0.25, 0.3) is 0 Å². The van der Waals surface area contributed by atoms with Gasteiger partial charge in [-0.3, -0.25) is 0 Å². The number of carbonyl (C=O) groups is 1. The van der Waals surface area contributed by atoms with E-state index in [1.807, 2.05) is 6.92 Å². The monoisotopic (exact) mass is 234 g/mol. The zero-order valence-corrected chi connectivity index (χ0v) is 11.0. The Morgan fingerprint density at radius 2 is 1.82 bits per heavy atom. The third-order valence-corrected chi connectivity index (χ3v) is 2.33. The van der Waals surface area contributed by atoms with E-state index in [2.05, 4.69) is 49.4 Å². The summed E-state index contributed by atoms with van der Waals surface area (Å²) in [4.78, 5) is 10.3. The molecule has 0 aliphatic rings. The fourth-order valence-corrected chi connectivity index (χ4v) is 1.04. The second kappa shape index (κ2) is 9.64. The Morgan fingerprint density at radius 3 is 2.18 bits per heavy atom. The molecule has 0 amide bonds. The molecule has 0 saturated heterocycles. The fourth-order valence-electron chi connectivity index (χ4n) is 1.04. The van der Waals surface area contributed by atoms with E-state index >= 15 is 0 Å². The highest BCUT2D eigenvalue weighted by atomic mass is 16.5. The molecule has 0 unspecified atom stereocenters. The van der Waals surface area contributed by atoms with Crippen LogP contribution >= 0.6 is 0 Å². The molecule has 0 saturated carbocycles. The molecule has 1 rings (SSSR count). The van der Waals surface area contributed by atoms with E-state index in [1.54, 1.807) is 0 Å². The van der Waals surface area contributed by atoms with Gasteiger partial charge in [0, 0.05) is 6.08 Å². The Kier molecular flexibility index (Phi) is 8.75. The van der Waals surface area contributed by atoms with Gasteiger partial charge in [0.1, 0.15) is 0 Å². The first-order chi connectivity index (χ1) is 8.11. The Bertz CT molecular complexity index is 322. The molecule has 1 aromatic rings. The molecule has 94 valence electrons. The number of unbranched alkanes of at least 4 members (excludes halogenated alkanes) is 1. The summed E-state index contributed by atoms with van der Waals surface area (Å²) in [5.41, 5.74) is 2.74. The number of hydrogen-bond donors (Lipinski definition) is 0. The zero-order valence-electron chi connectivity index (χ0n) is 11.0. The van der Waals surface area contributed by atoms with Crippen LogP contribution in [0.1, 0.15) is 30.9 Å². The zero-order chi connectivity index (χ0) is 13.1.